The first-order valence-electron chi connectivity index (χ1n) is 8.35. The number of nitrogens with zero attached hydrogens (tertiary/aromatic N) is 7. The Kier molecular flexibility index (Phi) is 5.10. The van der Waals surface area contributed by atoms with Crippen molar-refractivity contribution in [2.45, 2.75) is 6.18 Å². The lowest BCUT2D eigenvalue weighted by Gasteiger charge is -2.13. The van der Waals surface area contributed by atoms with Gasteiger partial charge in [-0.25, -0.2) is 14.6 Å². The van der Waals surface area contributed by atoms with Crippen molar-refractivity contribution in [1.82, 2.24) is 34.7 Å². The Hall–Kier alpha value is -3.87. The summed E-state index contributed by atoms with van der Waals surface area (Å²) in [6, 6.07) is 3.21. The molecule has 14 heteroatoms. The van der Waals surface area contributed by atoms with Gasteiger partial charge in [0.2, 0.25) is 5.95 Å². The Balaban J connectivity index is 1.66. The van der Waals surface area contributed by atoms with Crippen LogP contribution in [0, 0.1) is 5.95 Å². The molecule has 0 aliphatic carbocycles. The van der Waals surface area contributed by atoms with Gasteiger partial charge in [0.25, 0.3) is 5.91 Å². The van der Waals surface area contributed by atoms with Crippen LogP contribution in [0.1, 0.15) is 16.1 Å². The molecule has 4 heterocycles. The van der Waals surface area contributed by atoms with Crippen LogP contribution in [0.2, 0.25) is 5.02 Å². The number of halogens is 5. The van der Waals surface area contributed by atoms with Crippen molar-refractivity contribution in [3.63, 3.8) is 0 Å². The van der Waals surface area contributed by atoms with Gasteiger partial charge in [0.15, 0.2) is 11.5 Å². The molecule has 0 atom stereocenters. The maximum atomic E-state index is 13.7. The number of carbonyl (C=O) groups is 1. The van der Waals surface area contributed by atoms with Crippen molar-refractivity contribution in [3.05, 3.63) is 71.4 Å². The van der Waals surface area contributed by atoms with E-state index in [4.69, 9.17) is 11.6 Å². The number of hydrogen-bond acceptors (Lipinski definition) is 6. The lowest BCUT2D eigenvalue weighted by atomic mass is 10.2. The maximum absolute atomic E-state index is 13.7. The summed E-state index contributed by atoms with van der Waals surface area (Å²) in [6.45, 7) is 0. The lowest BCUT2D eigenvalue weighted by Crippen LogP contribution is -2.21. The number of nitrogens with one attached hydrogen (secondary N) is 1. The van der Waals surface area contributed by atoms with Gasteiger partial charge < -0.3 is 5.32 Å². The standard InChI is InChI=1S/C17H9ClF4N8O/c18-12-5-9(6-24-15(12)30-25-3-4-26-30)28-16(31)11-8-27-29(14(11)17(20,21)22)10-1-2-13(19)23-7-10/h1-8H,(H,28,31). The van der Waals surface area contributed by atoms with Crippen LogP contribution in [0.3, 0.4) is 0 Å². The zero-order valence-electron chi connectivity index (χ0n) is 15.0. The van der Waals surface area contributed by atoms with Gasteiger partial charge in [-0.15, -0.1) is 4.80 Å². The predicted molar refractivity (Wildman–Crippen MR) is 98.4 cm³/mol. The van der Waals surface area contributed by atoms with Gasteiger partial charge in [0.1, 0.15) is 0 Å². The molecule has 0 unspecified atom stereocenters. The summed E-state index contributed by atoms with van der Waals surface area (Å²) in [4.78, 5) is 21.0. The SMILES string of the molecule is O=C(Nc1cnc(-n2nccn2)c(Cl)c1)c1cnn(-c2ccc(F)nc2)c1C(F)(F)F. The van der Waals surface area contributed by atoms with Gasteiger partial charge in [0, 0.05) is 0 Å². The van der Waals surface area contributed by atoms with Gasteiger partial charge in [-0.3, -0.25) is 4.79 Å². The van der Waals surface area contributed by atoms with Crippen molar-refractivity contribution in [2.24, 2.45) is 0 Å². The minimum absolute atomic E-state index is 0.0372. The molecule has 158 valence electrons. The molecule has 9 nitrogen and oxygen atoms in total. The van der Waals surface area contributed by atoms with E-state index in [0.29, 0.717) is 4.68 Å². The number of anilines is 1. The molecule has 0 bridgehead atoms. The van der Waals surface area contributed by atoms with Crippen LogP contribution in [-0.4, -0.2) is 40.6 Å². The normalized spacial score (nSPS) is 11.5. The van der Waals surface area contributed by atoms with Crippen LogP contribution in [0.15, 0.2) is 49.2 Å². The van der Waals surface area contributed by atoms with E-state index < -0.39 is 29.3 Å². The van der Waals surface area contributed by atoms with E-state index in [9.17, 15) is 22.4 Å². The van der Waals surface area contributed by atoms with Crippen molar-refractivity contribution < 1.29 is 22.4 Å². The molecule has 0 aromatic carbocycles. The van der Waals surface area contributed by atoms with Crippen molar-refractivity contribution in [3.8, 4) is 11.5 Å². The van der Waals surface area contributed by atoms with Crippen LogP contribution in [-0.2, 0) is 6.18 Å². The molecule has 0 fully saturated rings. The zero-order valence-corrected chi connectivity index (χ0v) is 15.8. The summed E-state index contributed by atoms with van der Waals surface area (Å²) in [7, 11) is 0. The fraction of sp³-hybridized carbons (Fsp3) is 0.0588. The third-order valence-corrected chi connectivity index (χ3v) is 4.20. The summed E-state index contributed by atoms with van der Waals surface area (Å²) in [5.74, 6) is -1.81. The number of aromatic nitrogens is 7. The number of amides is 1. The molecule has 31 heavy (non-hydrogen) atoms. The largest absolute Gasteiger partial charge is 0.434 e. The van der Waals surface area contributed by atoms with Crippen LogP contribution in [0.4, 0.5) is 23.2 Å². The number of alkyl halides is 3. The molecule has 4 rings (SSSR count). The quantitative estimate of drug-likeness (QED) is 0.376. The fourth-order valence-electron chi connectivity index (χ4n) is 2.65. The van der Waals surface area contributed by atoms with Crippen molar-refractivity contribution in [2.75, 3.05) is 5.32 Å². The van der Waals surface area contributed by atoms with Crippen LogP contribution in [0.5, 0.6) is 0 Å². The average molecular weight is 453 g/mol. The number of carbonyl (C=O) groups excluding carboxylic acids is 1. The second kappa shape index (κ2) is 7.75. The average Bonchev–Trinajstić information content (AvgIpc) is 3.38. The van der Waals surface area contributed by atoms with Gasteiger partial charge in [-0.05, 0) is 18.2 Å². The number of hydrogen-bond donors (Lipinski definition) is 1. The number of rotatable bonds is 4. The first-order valence-corrected chi connectivity index (χ1v) is 8.72. The first-order chi connectivity index (χ1) is 14.7. The van der Waals surface area contributed by atoms with E-state index in [0.717, 1.165) is 29.3 Å². The van der Waals surface area contributed by atoms with E-state index in [1.807, 2.05) is 0 Å². The maximum Gasteiger partial charge on any atom is 0.434 e. The van der Waals surface area contributed by atoms with E-state index in [1.54, 1.807) is 0 Å². The molecule has 4 aromatic heterocycles. The predicted octanol–water partition coefficient (Wildman–Crippen LogP) is 3.31. The zero-order chi connectivity index (χ0) is 22.2. The minimum atomic E-state index is -4.94. The van der Waals surface area contributed by atoms with Gasteiger partial charge in [-0.2, -0.15) is 32.9 Å². The topological polar surface area (TPSA) is 103 Å². The van der Waals surface area contributed by atoms with Crippen LogP contribution >= 0.6 is 11.6 Å². The molecule has 0 aliphatic rings. The third kappa shape index (κ3) is 4.07. The van der Waals surface area contributed by atoms with E-state index in [-0.39, 0.29) is 22.2 Å². The molecule has 4 aromatic rings. The minimum Gasteiger partial charge on any atom is -0.320 e. The highest BCUT2D eigenvalue weighted by atomic mass is 35.5. The Labute approximate surface area is 175 Å². The molecule has 0 spiro atoms. The highest BCUT2D eigenvalue weighted by Crippen LogP contribution is 2.34. The molecule has 1 amide bonds. The fourth-order valence-corrected chi connectivity index (χ4v) is 2.89. The summed E-state index contributed by atoms with van der Waals surface area (Å²) < 4.78 is 54.6. The first kappa shape index (κ1) is 20.4. The van der Waals surface area contributed by atoms with Gasteiger partial charge in [0.05, 0.1) is 52.9 Å². The van der Waals surface area contributed by atoms with Crippen LogP contribution in [0.25, 0.3) is 11.5 Å². The molecule has 0 aliphatic heterocycles. The highest BCUT2D eigenvalue weighted by Gasteiger charge is 2.40. The van der Waals surface area contributed by atoms with Crippen LogP contribution < -0.4 is 5.32 Å². The second-order valence-electron chi connectivity index (χ2n) is 5.96. The molecular weight excluding hydrogens is 444 g/mol. The van der Waals surface area contributed by atoms with Crippen molar-refractivity contribution >= 4 is 23.2 Å². The van der Waals surface area contributed by atoms with Crippen molar-refractivity contribution in [1.29, 1.82) is 0 Å². The van der Waals surface area contributed by atoms with E-state index in [1.165, 1.54) is 24.7 Å². The smallest absolute Gasteiger partial charge is 0.320 e. The molecule has 0 radical (unpaired) electrons. The molecule has 0 saturated heterocycles. The summed E-state index contributed by atoms with van der Waals surface area (Å²) in [5.41, 5.74) is -2.25. The summed E-state index contributed by atoms with van der Waals surface area (Å²) >= 11 is 6.10. The Morgan fingerprint density at radius 2 is 1.77 bits per heavy atom. The summed E-state index contributed by atoms with van der Waals surface area (Å²) in [6.07, 6.45) is 0.665. The second-order valence-corrected chi connectivity index (χ2v) is 6.36. The van der Waals surface area contributed by atoms with Gasteiger partial charge >= 0.3 is 6.18 Å². The molecule has 1 N–H and O–H groups in total. The monoisotopic (exact) mass is 452 g/mol. The molecule has 0 saturated carbocycles. The highest BCUT2D eigenvalue weighted by molar-refractivity contribution is 6.32. The lowest BCUT2D eigenvalue weighted by molar-refractivity contribution is -0.143. The number of pyridine rings is 2. The Morgan fingerprint density at radius 3 is 2.39 bits per heavy atom. The Morgan fingerprint density at radius 1 is 1.03 bits per heavy atom. The van der Waals surface area contributed by atoms with Gasteiger partial charge in [-0.1, -0.05) is 11.6 Å². The summed E-state index contributed by atoms with van der Waals surface area (Å²) in [5, 5.41) is 13.7. The third-order valence-electron chi connectivity index (χ3n) is 3.93. The Bertz CT molecular complexity index is 1240. The van der Waals surface area contributed by atoms with E-state index in [2.05, 4.69) is 30.6 Å². The molecular formula is C17H9ClF4N8O. The van der Waals surface area contributed by atoms with E-state index >= 15 is 0 Å².